The predicted molar refractivity (Wildman–Crippen MR) is 84.1 cm³/mol. The summed E-state index contributed by atoms with van der Waals surface area (Å²) in [6.45, 7) is 7.47. The molecule has 0 fully saturated rings. The van der Waals surface area contributed by atoms with Gasteiger partial charge in [-0.15, -0.1) is 0 Å². The van der Waals surface area contributed by atoms with Crippen molar-refractivity contribution in [3.05, 3.63) is 35.4 Å². The maximum Gasteiger partial charge on any atom is 0.309 e. The summed E-state index contributed by atoms with van der Waals surface area (Å²) in [6.07, 6.45) is 1.42. The molecule has 1 rings (SSSR count). The number of hydrogen-bond acceptors (Lipinski definition) is 4. The molecule has 21 heavy (non-hydrogen) atoms. The minimum Gasteiger partial charge on any atom is -0.469 e. The lowest BCUT2D eigenvalue weighted by Gasteiger charge is -2.10. The molecule has 0 heterocycles. The minimum atomic E-state index is -0.209. The van der Waals surface area contributed by atoms with Crippen molar-refractivity contribution in [1.82, 2.24) is 5.32 Å². The van der Waals surface area contributed by atoms with Crippen molar-refractivity contribution in [1.29, 1.82) is 0 Å². The Balaban J connectivity index is 2.27. The SMILES string of the molecule is COC(=O)Cc1ccccc1CNCCOCCC(C)C. The quantitative estimate of drug-likeness (QED) is 0.532. The van der Waals surface area contributed by atoms with Crippen LogP contribution in [0, 0.1) is 5.92 Å². The van der Waals surface area contributed by atoms with Crippen LogP contribution in [0.5, 0.6) is 0 Å². The number of methoxy groups -OCH3 is 1. The summed E-state index contributed by atoms with van der Waals surface area (Å²) in [5, 5.41) is 3.34. The Kier molecular flexibility index (Phi) is 8.71. The average molecular weight is 293 g/mol. The summed E-state index contributed by atoms with van der Waals surface area (Å²) in [4.78, 5) is 11.4. The van der Waals surface area contributed by atoms with Gasteiger partial charge in [0.2, 0.25) is 0 Å². The summed E-state index contributed by atoms with van der Waals surface area (Å²) >= 11 is 0. The highest BCUT2D eigenvalue weighted by atomic mass is 16.5. The summed E-state index contributed by atoms with van der Waals surface area (Å²) < 4.78 is 10.3. The number of nitrogens with one attached hydrogen (secondary N) is 1. The molecule has 0 spiro atoms. The van der Waals surface area contributed by atoms with E-state index < -0.39 is 0 Å². The number of carbonyl (C=O) groups excluding carboxylic acids is 1. The molecule has 0 amide bonds. The summed E-state index contributed by atoms with van der Waals surface area (Å²) in [5.74, 6) is 0.475. The highest BCUT2D eigenvalue weighted by molar-refractivity contribution is 5.72. The largest absolute Gasteiger partial charge is 0.469 e. The number of hydrogen-bond donors (Lipinski definition) is 1. The Bertz CT molecular complexity index is 418. The normalized spacial score (nSPS) is 10.9. The van der Waals surface area contributed by atoms with Gasteiger partial charge in [0.25, 0.3) is 0 Å². The first kappa shape index (κ1) is 17.7. The molecule has 0 radical (unpaired) electrons. The molecule has 0 saturated heterocycles. The van der Waals surface area contributed by atoms with Crippen LogP contribution in [-0.2, 0) is 27.2 Å². The molecule has 0 saturated carbocycles. The van der Waals surface area contributed by atoms with Crippen LogP contribution in [0.25, 0.3) is 0 Å². The fourth-order valence-electron chi connectivity index (χ4n) is 1.92. The van der Waals surface area contributed by atoms with Gasteiger partial charge < -0.3 is 14.8 Å². The molecule has 0 aliphatic carbocycles. The number of esters is 1. The number of ether oxygens (including phenoxy) is 2. The van der Waals surface area contributed by atoms with E-state index in [2.05, 4.69) is 19.2 Å². The third-order valence-corrected chi connectivity index (χ3v) is 3.26. The van der Waals surface area contributed by atoms with Gasteiger partial charge in [-0.1, -0.05) is 38.1 Å². The molecule has 0 unspecified atom stereocenters. The summed E-state index contributed by atoms with van der Waals surface area (Å²) in [6, 6.07) is 7.92. The zero-order valence-corrected chi connectivity index (χ0v) is 13.4. The van der Waals surface area contributed by atoms with Crippen molar-refractivity contribution in [3.63, 3.8) is 0 Å². The second-order valence-electron chi connectivity index (χ2n) is 5.49. The van der Waals surface area contributed by atoms with Gasteiger partial charge in [0.1, 0.15) is 0 Å². The highest BCUT2D eigenvalue weighted by Crippen LogP contribution is 2.10. The third-order valence-electron chi connectivity index (χ3n) is 3.26. The third kappa shape index (κ3) is 7.83. The zero-order chi connectivity index (χ0) is 15.5. The van der Waals surface area contributed by atoms with Gasteiger partial charge >= 0.3 is 5.97 Å². The van der Waals surface area contributed by atoms with E-state index in [0.29, 0.717) is 18.9 Å². The Hall–Kier alpha value is -1.39. The number of rotatable bonds is 10. The Morgan fingerprint density at radius 3 is 2.57 bits per heavy atom. The van der Waals surface area contributed by atoms with E-state index in [0.717, 1.165) is 37.2 Å². The van der Waals surface area contributed by atoms with Crippen LogP contribution in [-0.4, -0.2) is 32.8 Å². The summed E-state index contributed by atoms with van der Waals surface area (Å²) in [7, 11) is 1.41. The van der Waals surface area contributed by atoms with Crippen LogP contribution in [0.4, 0.5) is 0 Å². The molecule has 0 aliphatic heterocycles. The fourth-order valence-corrected chi connectivity index (χ4v) is 1.92. The van der Waals surface area contributed by atoms with E-state index in [1.807, 2.05) is 24.3 Å². The molecule has 0 atom stereocenters. The van der Waals surface area contributed by atoms with Crippen LogP contribution in [0.2, 0.25) is 0 Å². The first-order valence-corrected chi connectivity index (χ1v) is 7.55. The second-order valence-corrected chi connectivity index (χ2v) is 5.49. The van der Waals surface area contributed by atoms with Crippen LogP contribution in [0.3, 0.4) is 0 Å². The molecule has 0 aromatic heterocycles. The first-order chi connectivity index (χ1) is 10.1. The highest BCUT2D eigenvalue weighted by Gasteiger charge is 2.07. The summed E-state index contributed by atoms with van der Waals surface area (Å²) in [5.41, 5.74) is 2.14. The Labute approximate surface area is 127 Å². The van der Waals surface area contributed by atoms with Gasteiger partial charge in [-0.05, 0) is 23.5 Å². The van der Waals surface area contributed by atoms with E-state index >= 15 is 0 Å². The van der Waals surface area contributed by atoms with E-state index in [4.69, 9.17) is 9.47 Å². The zero-order valence-electron chi connectivity index (χ0n) is 13.4. The van der Waals surface area contributed by atoms with E-state index in [9.17, 15) is 4.79 Å². The monoisotopic (exact) mass is 293 g/mol. The lowest BCUT2D eigenvalue weighted by molar-refractivity contribution is -0.139. The first-order valence-electron chi connectivity index (χ1n) is 7.55. The van der Waals surface area contributed by atoms with Crippen molar-refractivity contribution < 1.29 is 14.3 Å². The van der Waals surface area contributed by atoms with Crippen LogP contribution in [0.1, 0.15) is 31.4 Å². The fraction of sp³-hybridized carbons (Fsp3) is 0.588. The molecule has 4 heteroatoms. The van der Waals surface area contributed by atoms with Crippen molar-refractivity contribution in [2.45, 2.75) is 33.2 Å². The van der Waals surface area contributed by atoms with Gasteiger partial charge in [0, 0.05) is 19.7 Å². The van der Waals surface area contributed by atoms with E-state index in [-0.39, 0.29) is 5.97 Å². The molecule has 0 aliphatic rings. The van der Waals surface area contributed by atoms with Gasteiger partial charge in [-0.25, -0.2) is 0 Å². The lowest BCUT2D eigenvalue weighted by atomic mass is 10.0. The smallest absolute Gasteiger partial charge is 0.309 e. The van der Waals surface area contributed by atoms with Crippen LogP contribution in [0.15, 0.2) is 24.3 Å². The van der Waals surface area contributed by atoms with Crippen molar-refractivity contribution in [2.24, 2.45) is 5.92 Å². The van der Waals surface area contributed by atoms with Gasteiger partial charge in [0.15, 0.2) is 0 Å². The van der Waals surface area contributed by atoms with Gasteiger partial charge in [-0.3, -0.25) is 4.79 Å². The Morgan fingerprint density at radius 2 is 1.90 bits per heavy atom. The van der Waals surface area contributed by atoms with Crippen LogP contribution >= 0.6 is 0 Å². The predicted octanol–water partition coefficient (Wildman–Crippen LogP) is 2.55. The molecular formula is C17H27NO3. The van der Waals surface area contributed by atoms with Crippen molar-refractivity contribution in [3.8, 4) is 0 Å². The van der Waals surface area contributed by atoms with E-state index in [1.165, 1.54) is 7.11 Å². The topological polar surface area (TPSA) is 47.6 Å². The maximum atomic E-state index is 11.4. The second kappa shape index (κ2) is 10.4. The van der Waals surface area contributed by atoms with Crippen molar-refractivity contribution in [2.75, 3.05) is 26.9 Å². The maximum absolute atomic E-state index is 11.4. The van der Waals surface area contributed by atoms with Crippen LogP contribution < -0.4 is 5.32 Å². The lowest BCUT2D eigenvalue weighted by Crippen LogP contribution is -2.21. The standard InChI is InChI=1S/C17H27NO3/c1-14(2)8-10-21-11-9-18-13-16-7-5-4-6-15(16)12-17(19)20-3/h4-7,14,18H,8-13H2,1-3H3. The molecule has 1 N–H and O–H groups in total. The number of benzene rings is 1. The minimum absolute atomic E-state index is 0.209. The molecule has 1 aromatic rings. The average Bonchev–Trinajstić information content (AvgIpc) is 2.47. The van der Waals surface area contributed by atoms with Crippen molar-refractivity contribution >= 4 is 5.97 Å². The molecule has 0 bridgehead atoms. The molecular weight excluding hydrogens is 266 g/mol. The van der Waals surface area contributed by atoms with E-state index in [1.54, 1.807) is 0 Å². The molecule has 4 nitrogen and oxygen atoms in total. The molecule has 118 valence electrons. The molecule has 1 aromatic carbocycles. The Morgan fingerprint density at radius 1 is 1.19 bits per heavy atom. The number of carbonyl (C=O) groups is 1. The van der Waals surface area contributed by atoms with Gasteiger partial charge in [-0.2, -0.15) is 0 Å². The van der Waals surface area contributed by atoms with Gasteiger partial charge in [0.05, 0.1) is 20.1 Å².